The lowest BCUT2D eigenvalue weighted by atomic mass is 9.92. The third-order valence-corrected chi connectivity index (χ3v) is 3.83. The largest absolute Gasteiger partial charge is 0.497 e. The predicted octanol–water partition coefficient (Wildman–Crippen LogP) is 1.89. The van der Waals surface area contributed by atoms with Crippen molar-refractivity contribution in [3.05, 3.63) is 29.8 Å². The summed E-state index contributed by atoms with van der Waals surface area (Å²) in [4.78, 5) is 14.3. The number of carbonyl (C=O) groups excluding carboxylic acids is 1. The van der Waals surface area contributed by atoms with Gasteiger partial charge in [0.2, 0.25) is 0 Å². The van der Waals surface area contributed by atoms with Crippen LogP contribution in [0.15, 0.2) is 24.3 Å². The Labute approximate surface area is 114 Å². The van der Waals surface area contributed by atoms with Crippen LogP contribution < -0.4 is 10.5 Å². The number of rotatable bonds is 3. The highest BCUT2D eigenvalue weighted by Crippen LogP contribution is 2.21. The molecule has 0 spiro atoms. The van der Waals surface area contributed by atoms with E-state index in [2.05, 4.69) is 0 Å². The quantitative estimate of drug-likeness (QED) is 0.905. The number of carbonyl (C=O) groups is 1. The van der Waals surface area contributed by atoms with Gasteiger partial charge in [0, 0.05) is 24.7 Å². The van der Waals surface area contributed by atoms with Crippen LogP contribution in [0.25, 0.3) is 0 Å². The molecule has 4 nitrogen and oxygen atoms in total. The number of hydrogen-bond donors (Lipinski definition) is 1. The van der Waals surface area contributed by atoms with Crippen LogP contribution in [0, 0.1) is 5.92 Å². The lowest BCUT2D eigenvalue weighted by Crippen LogP contribution is -2.45. The second-order valence-electron chi connectivity index (χ2n) is 5.24. The summed E-state index contributed by atoms with van der Waals surface area (Å²) < 4.78 is 5.10. The monoisotopic (exact) mass is 262 g/mol. The molecule has 19 heavy (non-hydrogen) atoms. The van der Waals surface area contributed by atoms with E-state index in [-0.39, 0.29) is 11.9 Å². The van der Waals surface area contributed by atoms with Crippen molar-refractivity contribution in [2.75, 3.05) is 20.2 Å². The van der Waals surface area contributed by atoms with Crippen molar-refractivity contribution in [1.29, 1.82) is 0 Å². The molecule has 1 heterocycles. The number of likely N-dealkylation sites (tertiary alicyclic amines) is 1. The standard InChI is InChI=1S/C15H22N2O2/c1-11(16)13-4-3-9-17(10-13)15(18)12-5-7-14(19-2)8-6-12/h5-8,11,13H,3-4,9-10,16H2,1-2H3. The van der Waals surface area contributed by atoms with Crippen LogP contribution in [-0.4, -0.2) is 37.0 Å². The molecule has 104 valence electrons. The van der Waals surface area contributed by atoms with Crippen LogP contribution in [0.2, 0.25) is 0 Å². The zero-order valence-electron chi connectivity index (χ0n) is 11.6. The van der Waals surface area contributed by atoms with Crippen molar-refractivity contribution in [3.63, 3.8) is 0 Å². The number of nitrogens with two attached hydrogens (primary N) is 1. The fourth-order valence-electron chi connectivity index (χ4n) is 2.54. The molecule has 0 aromatic heterocycles. The van der Waals surface area contributed by atoms with Crippen LogP contribution in [0.5, 0.6) is 5.75 Å². The number of nitrogens with zero attached hydrogens (tertiary/aromatic N) is 1. The van der Waals surface area contributed by atoms with Gasteiger partial charge >= 0.3 is 0 Å². The van der Waals surface area contributed by atoms with Crippen LogP contribution in [0.1, 0.15) is 30.1 Å². The molecule has 1 aliphatic rings. The maximum atomic E-state index is 12.4. The van der Waals surface area contributed by atoms with E-state index in [1.165, 1.54) is 0 Å². The summed E-state index contributed by atoms with van der Waals surface area (Å²) in [6, 6.07) is 7.42. The first-order valence-corrected chi connectivity index (χ1v) is 6.80. The van der Waals surface area contributed by atoms with Gasteiger partial charge in [0.15, 0.2) is 0 Å². The zero-order chi connectivity index (χ0) is 13.8. The highest BCUT2D eigenvalue weighted by Gasteiger charge is 2.26. The predicted molar refractivity (Wildman–Crippen MR) is 75.3 cm³/mol. The summed E-state index contributed by atoms with van der Waals surface area (Å²) in [7, 11) is 1.62. The van der Waals surface area contributed by atoms with Gasteiger partial charge in [-0.1, -0.05) is 0 Å². The van der Waals surface area contributed by atoms with Gasteiger partial charge in [-0.25, -0.2) is 0 Å². The van der Waals surface area contributed by atoms with E-state index in [1.807, 2.05) is 36.1 Å². The minimum Gasteiger partial charge on any atom is -0.497 e. The highest BCUT2D eigenvalue weighted by atomic mass is 16.5. The van der Waals surface area contributed by atoms with Gasteiger partial charge in [-0.05, 0) is 49.9 Å². The van der Waals surface area contributed by atoms with Crippen molar-refractivity contribution in [1.82, 2.24) is 4.90 Å². The fraction of sp³-hybridized carbons (Fsp3) is 0.533. The van der Waals surface area contributed by atoms with Crippen molar-refractivity contribution < 1.29 is 9.53 Å². The summed E-state index contributed by atoms with van der Waals surface area (Å²) in [5.74, 6) is 1.27. The van der Waals surface area contributed by atoms with Crippen molar-refractivity contribution in [3.8, 4) is 5.75 Å². The van der Waals surface area contributed by atoms with Gasteiger partial charge in [0.05, 0.1) is 7.11 Å². The van der Waals surface area contributed by atoms with Gasteiger partial charge in [-0.3, -0.25) is 4.79 Å². The van der Waals surface area contributed by atoms with Crippen molar-refractivity contribution in [2.45, 2.75) is 25.8 Å². The number of hydrogen-bond acceptors (Lipinski definition) is 3. The molecular formula is C15H22N2O2. The van der Waals surface area contributed by atoms with Crippen LogP contribution in [0.4, 0.5) is 0 Å². The number of methoxy groups -OCH3 is 1. The molecule has 1 fully saturated rings. The van der Waals surface area contributed by atoms with E-state index >= 15 is 0 Å². The van der Waals surface area contributed by atoms with Gasteiger partial charge in [0.25, 0.3) is 5.91 Å². The second kappa shape index (κ2) is 6.06. The highest BCUT2D eigenvalue weighted by molar-refractivity contribution is 5.94. The van der Waals surface area contributed by atoms with Crippen LogP contribution in [0.3, 0.4) is 0 Å². The van der Waals surface area contributed by atoms with Crippen LogP contribution >= 0.6 is 0 Å². The average Bonchev–Trinajstić information content (AvgIpc) is 2.46. The normalized spacial score (nSPS) is 21.0. The van der Waals surface area contributed by atoms with E-state index < -0.39 is 0 Å². The Hall–Kier alpha value is -1.55. The Bertz CT molecular complexity index is 428. The second-order valence-corrected chi connectivity index (χ2v) is 5.24. The molecule has 1 amide bonds. The first-order chi connectivity index (χ1) is 9.11. The molecular weight excluding hydrogens is 240 g/mol. The summed E-state index contributed by atoms with van der Waals surface area (Å²) in [6.07, 6.45) is 2.15. The van der Waals surface area contributed by atoms with Gasteiger partial charge in [-0.2, -0.15) is 0 Å². The minimum absolute atomic E-state index is 0.0907. The van der Waals surface area contributed by atoms with Crippen molar-refractivity contribution in [2.24, 2.45) is 11.7 Å². The van der Waals surface area contributed by atoms with E-state index in [4.69, 9.17) is 10.5 Å². The molecule has 1 saturated heterocycles. The Morgan fingerprint density at radius 2 is 2.11 bits per heavy atom. The molecule has 2 N–H and O–H groups in total. The molecule has 1 aromatic rings. The third-order valence-electron chi connectivity index (χ3n) is 3.83. The third kappa shape index (κ3) is 3.26. The summed E-state index contributed by atoms with van der Waals surface area (Å²) in [5.41, 5.74) is 6.67. The molecule has 0 radical (unpaired) electrons. The van der Waals surface area contributed by atoms with E-state index in [0.29, 0.717) is 11.5 Å². The Morgan fingerprint density at radius 3 is 2.68 bits per heavy atom. The SMILES string of the molecule is COc1ccc(C(=O)N2CCCC(C(C)N)C2)cc1. The zero-order valence-corrected chi connectivity index (χ0v) is 11.6. The molecule has 2 rings (SSSR count). The van der Waals surface area contributed by atoms with Gasteiger partial charge in [-0.15, -0.1) is 0 Å². The number of ether oxygens (including phenoxy) is 1. The molecule has 4 heteroatoms. The van der Waals surface area contributed by atoms with Crippen molar-refractivity contribution >= 4 is 5.91 Å². The van der Waals surface area contributed by atoms with Gasteiger partial charge in [0.1, 0.15) is 5.75 Å². The molecule has 0 saturated carbocycles. The number of piperidine rings is 1. The Kier molecular flexibility index (Phi) is 4.43. The summed E-state index contributed by atoms with van der Waals surface area (Å²) in [5, 5.41) is 0. The first-order valence-electron chi connectivity index (χ1n) is 6.80. The summed E-state index contributed by atoms with van der Waals surface area (Å²) >= 11 is 0. The maximum absolute atomic E-state index is 12.4. The lowest BCUT2D eigenvalue weighted by Gasteiger charge is -2.34. The summed E-state index contributed by atoms with van der Waals surface area (Å²) in [6.45, 7) is 3.61. The van der Waals surface area contributed by atoms with E-state index in [9.17, 15) is 4.79 Å². The van der Waals surface area contributed by atoms with Crippen LogP contribution in [-0.2, 0) is 0 Å². The fourth-order valence-corrected chi connectivity index (χ4v) is 2.54. The molecule has 2 unspecified atom stereocenters. The first kappa shape index (κ1) is 13.9. The molecule has 1 aliphatic heterocycles. The Morgan fingerprint density at radius 1 is 1.42 bits per heavy atom. The minimum atomic E-state index is 0.0907. The Balaban J connectivity index is 2.05. The molecule has 2 atom stereocenters. The number of amides is 1. The number of benzene rings is 1. The topological polar surface area (TPSA) is 55.6 Å². The smallest absolute Gasteiger partial charge is 0.253 e. The van der Waals surface area contributed by atoms with E-state index in [1.54, 1.807) is 7.11 Å². The maximum Gasteiger partial charge on any atom is 0.253 e. The average molecular weight is 262 g/mol. The van der Waals surface area contributed by atoms with Gasteiger partial charge < -0.3 is 15.4 Å². The lowest BCUT2D eigenvalue weighted by molar-refractivity contribution is 0.0661. The van der Waals surface area contributed by atoms with E-state index in [0.717, 1.165) is 31.7 Å². The molecule has 0 aliphatic carbocycles. The molecule has 0 bridgehead atoms. The molecule has 1 aromatic carbocycles.